The number of hydrogen-bond acceptors (Lipinski definition) is 5. The maximum absolute atomic E-state index is 12.1. The van der Waals surface area contributed by atoms with E-state index >= 15 is 0 Å². The van der Waals surface area contributed by atoms with Gasteiger partial charge in [-0.3, -0.25) is 9.59 Å². The molecular formula is C17H24N2O4. The highest BCUT2D eigenvalue weighted by molar-refractivity contribution is 5.96. The summed E-state index contributed by atoms with van der Waals surface area (Å²) < 4.78 is 10.9. The first-order valence-electron chi connectivity index (χ1n) is 7.87. The molecule has 0 saturated carbocycles. The molecule has 1 atom stereocenters. The van der Waals surface area contributed by atoms with Crippen molar-refractivity contribution >= 4 is 17.4 Å². The van der Waals surface area contributed by atoms with E-state index in [1.165, 1.54) is 6.92 Å². The van der Waals surface area contributed by atoms with E-state index < -0.39 is 0 Å². The Labute approximate surface area is 136 Å². The van der Waals surface area contributed by atoms with E-state index in [-0.39, 0.29) is 24.3 Å². The number of anilines is 1. The molecule has 23 heavy (non-hydrogen) atoms. The van der Waals surface area contributed by atoms with Gasteiger partial charge < -0.3 is 19.7 Å². The molecule has 0 saturated heterocycles. The monoisotopic (exact) mass is 320 g/mol. The average Bonchev–Trinajstić information content (AvgIpc) is 2.54. The largest absolute Gasteiger partial charge is 0.486 e. The van der Waals surface area contributed by atoms with Gasteiger partial charge in [-0.05, 0) is 31.5 Å². The lowest BCUT2D eigenvalue weighted by atomic mass is 10.1. The molecule has 0 radical (unpaired) electrons. The van der Waals surface area contributed by atoms with Crippen molar-refractivity contribution in [3.8, 4) is 5.75 Å². The summed E-state index contributed by atoms with van der Waals surface area (Å²) in [4.78, 5) is 25.7. The van der Waals surface area contributed by atoms with Crippen molar-refractivity contribution in [3.63, 3.8) is 0 Å². The van der Waals surface area contributed by atoms with Gasteiger partial charge in [-0.2, -0.15) is 0 Å². The zero-order valence-electron chi connectivity index (χ0n) is 13.9. The molecule has 1 amide bonds. The Kier molecular flexibility index (Phi) is 5.98. The van der Waals surface area contributed by atoms with Gasteiger partial charge in [-0.15, -0.1) is 0 Å². The summed E-state index contributed by atoms with van der Waals surface area (Å²) in [6, 6.07) is 5.37. The number of Topliss-reactive ketones (excluding diaryl/α,β-unsaturated/α-hetero) is 1. The molecule has 1 aromatic carbocycles. The number of ether oxygens (including phenoxy) is 2. The van der Waals surface area contributed by atoms with E-state index in [4.69, 9.17) is 9.47 Å². The van der Waals surface area contributed by atoms with E-state index in [1.807, 2.05) is 11.0 Å². The highest BCUT2D eigenvalue weighted by Crippen LogP contribution is 2.34. The van der Waals surface area contributed by atoms with Gasteiger partial charge in [0.2, 0.25) is 5.91 Å². The van der Waals surface area contributed by atoms with Crippen molar-refractivity contribution in [2.75, 3.05) is 38.3 Å². The number of fused-ring (bicyclic) bond motifs is 1. The number of carbonyl (C=O) groups excluding carboxylic acids is 2. The first kappa shape index (κ1) is 17.3. The van der Waals surface area contributed by atoms with Crippen molar-refractivity contribution in [1.29, 1.82) is 0 Å². The van der Waals surface area contributed by atoms with E-state index in [2.05, 4.69) is 12.2 Å². The summed E-state index contributed by atoms with van der Waals surface area (Å²) in [6.07, 6.45) is 0.896. The van der Waals surface area contributed by atoms with E-state index in [0.717, 1.165) is 17.9 Å². The fourth-order valence-corrected chi connectivity index (χ4v) is 2.53. The number of ketones is 1. The topological polar surface area (TPSA) is 67.9 Å². The van der Waals surface area contributed by atoms with Crippen LogP contribution >= 0.6 is 0 Å². The molecule has 1 aliphatic rings. The van der Waals surface area contributed by atoms with Crippen LogP contribution in [0, 0.1) is 0 Å². The fraction of sp³-hybridized carbons (Fsp3) is 0.529. The Balaban J connectivity index is 2.16. The van der Waals surface area contributed by atoms with Crippen LogP contribution in [-0.2, 0) is 9.53 Å². The average molecular weight is 320 g/mol. The van der Waals surface area contributed by atoms with Crippen molar-refractivity contribution in [2.24, 2.45) is 0 Å². The van der Waals surface area contributed by atoms with Gasteiger partial charge in [0.1, 0.15) is 11.9 Å². The maximum atomic E-state index is 12.1. The summed E-state index contributed by atoms with van der Waals surface area (Å²) in [5.41, 5.74) is 1.41. The second-order valence-electron chi connectivity index (χ2n) is 5.61. The third kappa shape index (κ3) is 4.45. The van der Waals surface area contributed by atoms with E-state index in [9.17, 15) is 9.59 Å². The normalized spacial score (nSPS) is 16.5. The van der Waals surface area contributed by atoms with Crippen LogP contribution in [-0.4, -0.2) is 51.1 Å². The summed E-state index contributed by atoms with van der Waals surface area (Å²) in [5.74, 6) is 0.644. The highest BCUT2D eigenvalue weighted by Gasteiger charge is 2.26. The van der Waals surface area contributed by atoms with Crippen molar-refractivity contribution in [2.45, 2.75) is 26.4 Å². The van der Waals surface area contributed by atoms with Gasteiger partial charge in [0.15, 0.2) is 5.78 Å². The molecule has 2 rings (SSSR count). The lowest BCUT2D eigenvalue weighted by Crippen LogP contribution is -2.45. The highest BCUT2D eigenvalue weighted by atomic mass is 16.5. The summed E-state index contributed by atoms with van der Waals surface area (Å²) in [5, 5.41) is 2.82. The van der Waals surface area contributed by atoms with Crippen molar-refractivity contribution in [3.05, 3.63) is 23.8 Å². The second kappa shape index (κ2) is 7.97. The van der Waals surface area contributed by atoms with Crippen LogP contribution in [0.2, 0.25) is 0 Å². The van der Waals surface area contributed by atoms with Gasteiger partial charge in [0.05, 0.1) is 25.4 Å². The Morgan fingerprint density at radius 2 is 2.22 bits per heavy atom. The zero-order valence-corrected chi connectivity index (χ0v) is 13.9. The Bertz CT molecular complexity index is 574. The van der Waals surface area contributed by atoms with Crippen LogP contribution in [0.25, 0.3) is 0 Å². The fourth-order valence-electron chi connectivity index (χ4n) is 2.53. The van der Waals surface area contributed by atoms with Crippen LogP contribution in [0.4, 0.5) is 5.69 Å². The molecular weight excluding hydrogens is 296 g/mol. The molecule has 1 heterocycles. The minimum Gasteiger partial charge on any atom is -0.486 e. The molecule has 0 bridgehead atoms. The van der Waals surface area contributed by atoms with Gasteiger partial charge in [0.25, 0.3) is 0 Å². The molecule has 0 fully saturated rings. The number of rotatable bonds is 7. The SMILES string of the molecule is CCC1CN(CC(=O)NCCOC)c2cc(C(C)=O)ccc2O1. The number of hydrogen-bond donors (Lipinski definition) is 1. The third-order valence-electron chi connectivity index (χ3n) is 3.84. The van der Waals surface area contributed by atoms with Crippen LogP contribution in [0.15, 0.2) is 18.2 Å². The molecule has 6 nitrogen and oxygen atoms in total. The smallest absolute Gasteiger partial charge is 0.239 e. The van der Waals surface area contributed by atoms with Crippen LogP contribution < -0.4 is 15.0 Å². The first-order chi connectivity index (χ1) is 11.0. The summed E-state index contributed by atoms with van der Waals surface area (Å²) >= 11 is 0. The molecule has 1 aromatic rings. The molecule has 1 N–H and O–H groups in total. The zero-order chi connectivity index (χ0) is 16.8. The predicted octanol–water partition coefficient (Wildman–Crippen LogP) is 1.63. The number of methoxy groups -OCH3 is 1. The number of nitrogens with one attached hydrogen (secondary N) is 1. The maximum Gasteiger partial charge on any atom is 0.239 e. The molecule has 1 aliphatic heterocycles. The molecule has 0 spiro atoms. The van der Waals surface area contributed by atoms with Crippen molar-refractivity contribution in [1.82, 2.24) is 5.32 Å². The molecule has 0 aromatic heterocycles. The lowest BCUT2D eigenvalue weighted by Gasteiger charge is -2.35. The minimum atomic E-state index is -0.0713. The third-order valence-corrected chi connectivity index (χ3v) is 3.84. The Hall–Kier alpha value is -2.08. The summed E-state index contributed by atoms with van der Waals surface area (Å²) in [7, 11) is 1.60. The predicted molar refractivity (Wildman–Crippen MR) is 88.3 cm³/mol. The van der Waals surface area contributed by atoms with Crippen LogP contribution in [0.1, 0.15) is 30.6 Å². The van der Waals surface area contributed by atoms with Crippen molar-refractivity contribution < 1.29 is 19.1 Å². The molecule has 1 unspecified atom stereocenters. The second-order valence-corrected chi connectivity index (χ2v) is 5.61. The van der Waals surface area contributed by atoms with Gasteiger partial charge >= 0.3 is 0 Å². The Morgan fingerprint density at radius 3 is 2.87 bits per heavy atom. The number of benzene rings is 1. The molecule has 126 valence electrons. The number of carbonyl (C=O) groups is 2. The first-order valence-corrected chi connectivity index (χ1v) is 7.87. The van der Waals surface area contributed by atoms with E-state index in [1.54, 1.807) is 19.2 Å². The van der Waals surface area contributed by atoms with Gasteiger partial charge in [0, 0.05) is 19.2 Å². The molecule has 6 heteroatoms. The molecule has 0 aliphatic carbocycles. The lowest BCUT2D eigenvalue weighted by molar-refractivity contribution is -0.120. The standard InChI is InChI=1S/C17H24N2O4/c1-4-14-10-19(11-17(21)18-7-8-22-3)15-9-13(12(2)20)5-6-16(15)23-14/h5-6,9,14H,4,7-8,10-11H2,1-3H3,(H,18,21). The quantitative estimate of drug-likeness (QED) is 0.611. The van der Waals surface area contributed by atoms with Gasteiger partial charge in [-0.1, -0.05) is 6.92 Å². The van der Waals surface area contributed by atoms with Gasteiger partial charge in [-0.25, -0.2) is 0 Å². The van der Waals surface area contributed by atoms with E-state index in [0.29, 0.717) is 25.3 Å². The minimum absolute atomic E-state index is 0.00471. The summed E-state index contributed by atoms with van der Waals surface area (Å²) in [6.45, 7) is 5.41. The van der Waals surface area contributed by atoms with Crippen LogP contribution in [0.5, 0.6) is 5.75 Å². The number of nitrogens with zero attached hydrogens (tertiary/aromatic N) is 1. The van der Waals surface area contributed by atoms with Crippen LogP contribution in [0.3, 0.4) is 0 Å². The number of amides is 1. The Morgan fingerprint density at radius 1 is 1.43 bits per heavy atom.